The fourth-order valence-corrected chi connectivity index (χ4v) is 1.60. The Morgan fingerprint density at radius 2 is 2.29 bits per heavy atom. The normalized spacial score (nSPS) is 10.2. The smallest absolute Gasteiger partial charge is 0.285 e. The average Bonchev–Trinajstić information content (AvgIpc) is 2.97. The van der Waals surface area contributed by atoms with Crippen LogP contribution in [0.25, 0.3) is 0 Å². The molecule has 0 spiro atoms. The third kappa shape index (κ3) is 3.12. The SMILES string of the molecule is NNc1cc(C(=O)NCc2ccno2)c([N+](=O)[O-])cc1F. The van der Waals surface area contributed by atoms with Gasteiger partial charge in [-0.3, -0.25) is 20.8 Å². The van der Waals surface area contributed by atoms with E-state index < -0.39 is 22.3 Å². The standard InChI is InChI=1S/C11H10FN5O4/c12-8-4-10(17(19)20)7(3-9(8)16-13)11(18)14-5-6-1-2-15-21-6/h1-4,16H,5,13H2,(H,14,18). The zero-order valence-corrected chi connectivity index (χ0v) is 10.5. The maximum absolute atomic E-state index is 13.5. The molecule has 0 atom stereocenters. The maximum Gasteiger partial charge on any atom is 0.285 e. The number of carbonyl (C=O) groups is 1. The molecule has 2 aromatic rings. The Labute approximate surface area is 117 Å². The van der Waals surface area contributed by atoms with Crippen molar-refractivity contribution in [1.82, 2.24) is 10.5 Å². The summed E-state index contributed by atoms with van der Waals surface area (Å²) in [5.74, 6) is 3.75. The van der Waals surface area contributed by atoms with Gasteiger partial charge in [0.2, 0.25) is 0 Å². The van der Waals surface area contributed by atoms with Gasteiger partial charge in [0.15, 0.2) is 11.6 Å². The number of nitro groups is 1. The van der Waals surface area contributed by atoms with Gasteiger partial charge >= 0.3 is 0 Å². The van der Waals surface area contributed by atoms with Crippen molar-refractivity contribution in [1.29, 1.82) is 0 Å². The fourth-order valence-electron chi connectivity index (χ4n) is 1.60. The first-order valence-electron chi connectivity index (χ1n) is 5.65. The molecule has 21 heavy (non-hydrogen) atoms. The molecule has 0 saturated carbocycles. The first-order chi connectivity index (χ1) is 10.0. The van der Waals surface area contributed by atoms with E-state index in [2.05, 4.69) is 10.5 Å². The van der Waals surface area contributed by atoms with Crippen molar-refractivity contribution in [2.75, 3.05) is 5.43 Å². The number of anilines is 1. The number of amides is 1. The molecular weight excluding hydrogens is 285 g/mol. The van der Waals surface area contributed by atoms with Crippen molar-refractivity contribution in [3.63, 3.8) is 0 Å². The second kappa shape index (κ2) is 5.96. The molecule has 1 amide bonds. The van der Waals surface area contributed by atoms with Crippen molar-refractivity contribution in [3.05, 3.63) is 51.7 Å². The first-order valence-corrected chi connectivity index (χ1v) is 5.65. The number of rotatable bonds is 5. The lowest BCUT2D eigenvalue weighted by atomic mass is 10.1. The van der Waals surface area contributed by atoms with Crippen molar-refractivity contribution < 1.29 is 18.6 Å². The lowest BCUT2D eigenvalue weighted by Gasteiger charge is -2.07. The number of nitrogens with one attached hydrogen (secondary N) is 2. The van der Waals surface area contributed by atoms with E-state index in [-0.39, 0.29) is 17.8 Å². The van der Waals surface area contributed by atoms with E-state index in [9.17, 15) is 19.3 Å². The molecule has 0 aliphatic carbocycles. The Morgan fingerprint density at radius 3 is 2.86 bits per heavy atom. The molecule has 0 aliphatic rings. The molecule has 2 rings (SSSR count). The van der Waals surface area contributed by atoms with Gasteiger partial charge in [0, 0.05) is 6.07 Å². The molecule has 0 fully saturated rings. The number of carbonyl (C=O) groups excluding carboxylic acids is 1. The fraction of sp³-hybridized carbons (Fsp3) is 0.0909. The molecule has 1 aromatic carbocycles. The summed E-state index contributed by atoms with van der Waals surface area (Å²) in [6.07, 6.45) is 1.39. The number of hydrogen-bond donors (Lipinski definition) is 3. The van der Waals surface area contributed by atoms with E-state index in [1.807, 2.05) is 5.43 Å². The van der Waals surface area contributed by atoms with Gasteiger partial charge in [-0.25, -0.2) is 4.39 Å². The van der Waals surface area contributed by atoms with Gasteiger partial charge in [0.1, 0.15) is 5.56 Å². The van der Waals surface area contributed by atoms with Crippen molar-refractivity contribution in [2.45, 2.75) is 6.54 Å². The van der Waals surface area contributed by atoms with Crippen LogP contribution >= 0.6 is 0 Å². The minimum Gasteiger partial charge on any atom is -0.360 e. The highest BCUT2D eigenvalue weighted by molar-refractivity contribution is 5.99. The van der Waals surface area contributed by atoms with E-state index in [1.54, 1.807) is 0 Å². The van der Waals surface area contributed by atoms with Crippen molar-refractivity contribution in [2.24, 2.45) is 5.84 Å². The number of nitrogens with two attached hydrogens (primary N) is 1. The summed E-state index contributed by atoms with van der Waals surface area (Å²) in [5.41, 5.74) is 0.799. The van der Waals surface area contributed by atoms with Crippen LogP contribution in [0, 0.1) is 15.9 Å². The van der Waals surface area contributed by atoms with Crippen LogP contribution in [0.3, 0.4) is 0 Å². The Balaban J connectivity index is 2.27. The van der Waals surface area contributed by atoms with Gasteiger partial charge in [0.05, 0.1) is 29.4 Å². The zero-order valence-electron chi connectivity index (χ0n) is 10.5. The molecule has 0 aliphatic heterocycles. The second-order valence-electron chi connectivity index (χ2n) is 3.91. The molecule has 0 saturated heterocycles. The lowest BCUT2D eigenvalue weighted by molar-refractivity contribution is -0.385. The van der Waals surface area contributed by atoms with Crippen LogP contribution in [0.15, 0.2) is 28.9 Å². The van der Waals surface area contributed by atoms with Crippen LogP contribution in [0.4, 0.5) is 15.8 Å². The number of benzene rings is 1. The number of hydrazine groups is 1. The molecule has 0 radical (unpaired) electrons. The van der Waals surface area contributed by atoms with Crippen LogP contribution in [0.2, 0.25) is 0 Å². The van der Waals surface area contributed by atoms with Gasteiger partial charge in [-0.05, 0) is 6.07 Å². The lowest BCUT2D eigenvalue weighted by Crippen LogP contribution is -2.24. The van der Waals surface area contributed by atoms with E-state index in [1.165, 1.54) is 12.3 Å². The summed E-state index contributed by atoms with van der Waals surface area (Å²) in [6.45, 7) is -0.0151. The van der Waals surface area contributed by atoms with Crippen LogP contribution in [0.1, 0.15) is 16.1 Å². The van der Waals surface area contributed by atoms with E-state index in [0.29, 0.717) is 11.8 Å². The summed E-state index contributed by atoms with van der Waals surface area (Å²) in [7, 11) is 0. The number of hydrogen-bond acceptors (Lipinski definition) is 7. The summed E-state index contributed by atoms with van der Waals surface area (Å²) >= 11 is 0. The van der Waals surface area contributed by atoms with Crippen molar-refractivity contribution in [3.8, 4) is 0 Å². The molecular formula is C11H10FN5O4. The Bertz CT molecular complexity index is 674. The van der Waals surface area contributed by atoms with Crippen molar-refractivity contribution >= 4 is 17.3 Å². The zero-order chi connectivity index (χ0) is 15.4. The van der Waals surface area contributed by atoms with Gasteiger partial charge in [-0.15, -0.1) is 0 Å². The minimum atomic E-state index is -0.934. The molecule has 10 heteroatoms. The number of aromatic nitrogens is 1. The minimum absolute atomic E-state index is 0.0151. The highest BCUT2D eigenvalue weighted by Crippen LogP contribution is 2.25. The molecule has 0 bridgehead atoms. The monoisotopic (exact) mass is 295 g/mol. The molecule has 1 heterocycles. The van der Waals surface area contributed by atoms with Gasteiger partial charge in [0.25, 0.3) is 11.6 Å². The van der Waals surface area contributed by atoms with Crippen LogP contribution in [-0.2, 0) is 6.54 Å². The molecule has 110 valence electrons. The number of halogens is 1. The van der Waals surface area contributed by atoms with Crippen LogP contribution in [0.5, 0.6) is 0 Å². The predicted octanol–water partition coefficient (Wildman–Crippen LogP) is 0.937. The summed E-state index contributed by atoms with van der Waals surface area (Å²) in [5, 5.41) is 16.7. The van der Waals surface area contributed by atoms with Crippen LogP contribution < -0.4 is 16.6 Å². The quantitative estimate of drug-likeness (QED) is 0.424. The molecule has 4 N–H and O–H groups in total. The van der Waals surface area contributed by atoms with Gasteiger partial charge < -0.3 is 15.3 Å². The summed E-state index contributed by atoms with van der Waals surface area (Å²) in [4.78, 5) is 22.0. The third-order valence-electron chi connectivity index (χ3n) is 2.60. The number of nitro benzene ring substituents is 1. The second-order valence-corrected chi connectivity index (χ2v) is 3.91. The van der Waals surface area contributed by atoms with Gasteiger partial charge in [-0.1, -0.05) is 5.16 Å². The topological polar surface area (TPSA) is 136 Å². The molecule has 1 aromatic heterocycles. The Kier molecular flexibility index (Phi) is 4.09. The highest BCUT2D eigenvalue weighted by Gasteiger charge is 2.23. The third-order valence-corrected chi connectivity index (χ3v) is 2.60. The Hall–Kier alpha value is -3.01. The summed E-state index contributed by atoms with van der Waals surface area (Å²) < 4.78 is 18.2. The highest BCUT2D eigenvalue weighted by atomic mass is 19.1. The molecule has 0 unspecified atom stereocenters. The number of nitrogen functional groups attached to an aromatic ring is 1. The average molecular weight is 295 g/mol. The predicted molar refractivity (Wildman–Crippen MR) is 68.5 cm³/mol. The largest absolute Gasteiger partial charge is 0.360 e. The first kappa shape index (κ1) is 14.4. The van der Waals surface area contributed by atoms with E-state index in [0.717, 1.165) is 6.07 Å². The number of nitrogens with zero attached hydrogens (tertiary/aromatic N) is 2. The Morgan fingerprint density at radius 1 is 1.52 bits per heavy atom. The van der Waals surface area contributed by atoms with Crippen LogP contribution in [-0.4, -0.2) is 16.0 Å². The van der Waals surface area contributed by atoms with E-state index in [4.69, 9.17) is 10.4 Å². The molecule has 9 nitrogen and oxygen atoms in total. The van der Waals surface area contributed by atoms with E-state index >= 15 is 0 Å². The van der Waals surface area contributed by atoms with Gasteiger partial charge in [-0.2, -0.15) is 0 Å². The summed E-state index contributed by atoms with van der Waals surface area (Å²) in [6, 6.07) is 3.11. The maximum atomic E-state index is 13.5.